The number of anilines is 1. The minimum Gasteiger partial charge on any atom is -0.507 e. The first-order valence-electron chi connectivity index (χ1n) is 7.31. The molecule has 3 rings (SSSR count). The van der Waals surface area contributed by atoms with Gasteiger partial charge < -0.3 is 15.2 Å². The fourth-order valence-electron chi connectivity index (χ4n) is 2.56. The highest BCUT2D eigenvalue weighted by molar-refractivity contribution is 6.16. The number of esters is 1. The van der Waals surface area contributed by atoms with Gasteiger partial charge in [-0.1, -0.05) is 42.5 Å². The lowest BCUT2D eigenvalue weighted by Gasteiger charge is -2.12. The number of phenols is 1. The highest BCUT2D eigenvalue weighted by Crippen LogP contribution is 2.28. The molecule has 0 spiro atoms. The Morgan fingerprint density at radius 3 is 2.46 bits per heavy atom. The number of hydrogen-bond acceptors (Lipinski definition) is 4. The topological polar surface area (TPSA) is 75.6 Å². The number of nitrogens with one attached hydrogen (secondary N) is 1. The Labute approximate surface area is 138 Å². The molecule has 5 nitrogen and oxygen atoms in total. The van der Waals surface area contributed by atoms with Gasteiger partial charge in [-0.3, -0.25) is 4.79 Å². The van der Waals surface area contributed by atoms with E-state index in [2.05, 4.69) is 5.32 Å². The molecule has 0 saturated heterocycles. The van der Waals surface area contributed by atoms with Gasteiger partial charge in [0.25, 0.3) is 5.91 Å². The average Bonchev–Trinajstić information content (AvgIpc) is 2.61. The van der Waals surface area contributed by atoms with Gasteiger partial charge in [0, 0.05) is 0 Å². The Morgan fingerprint density at radius 2 is 1.67 bits per heavy atom. The van der Waals surface area contributed by atoms with Crippen LogP contribution in [0.3, 0.4) is 0 Å². The Morgan fingerprint density at radius 1 is 0.958 bits per heavy atom. The summed E-state index contributed by atoms with van der Waals surface area (Å²) in [4.78, 5) is 24.5. The number of methoxy groups -OCH3 is 1. The van der Waals surface area contributed by atoms with Crippen LogP contribution >= 0.6 is 0 Å². The fraction of sp³-hybridized carbons (Fsp3) is 0.0526. The van der Waals surface area contributed by atoms with Gasteiger partial charge in [-0.15, -0.1) is 0 Å². The summed E-state index contributed by atoms with van der Waals surface area (Å²) in [6, 6.07) is 17.0. The van der Waals surface area contributed by atoms with Crippen molar-refractivity contribution in [3.63, 3.8) is 0 Å². The Bertz CT molecular complexity index is 934. The molecule has 5 heteroatoms. The summed E-state index contributed by atoms with van der Waals surface area (Å²) >= 11 is 0. The van der Waals surface area contributed by atoms with Crippen molar-refractivity contribution in [3.8, 4) is 5.75 Å². The van der Waals surface area contributed by atoms with Gasteiger partial charge in [0.2, 0.25) is 0 Å². The number of rotatable bonds is 3. The summed E-state index contributed by atoms with van der Waals surface area (Å²) in [5, 5.41) is 14.3. The van der Waals surface area contributed by atoms with E-state index in [1.54, 1.807) is 42.5 Å². The highest BCUT2D eigenvalue weighted by atomic mass is 16.5. The second-order valence-electron chi connectivity index (χ2n) is 5.17. The van der Waals surface area contributed by atoms with Crippen molar-refractivity contribution in [2.45, 2.75) is 0 Å². The van der Waals surface area contributed by atoms with Crippen LogP contribution in [0, 0.1) is 0 Å². The molecule has 0 heterocycles. The molecule has 0 aliphatic rings. The van der Waals surface area contributed by atoms with Gasteiger partial charge >= 0.3 is 5.97 Å². The summed E-state index contributed by atoms with van der Waals surface area (Å²) in [5.41, 5.74) is 0.725. The van der Waals surface area contributed by atoms with Crippen molar-refractivity contribution >= 4 is 28.3 Å². The van der Waals surface area contributed by atoms with E-state index in [0.717, 1.165) is 5.39 Å². The van der Waals surface area contributed by atoms with Crippen LogP contribution in [0.25, 0.3) is 10.8 Å². The number of amides is 1. The van der Waals surface area contributed by atoms with Gasteiger partial charge in [0.1, 0.15) is 5.75 Å². The normalized spacial score (nSPS) is 10.4. The zero-order valence-electron chi connectivity index (χ0n) is 12.9. The summed E-state index contributed by atoms with van der Waals surface area (Å²) in [5.74, 6) is -1.17. The molecule has 0 aliphatic heterocycles. The molecule has 0 atom stereocenters. The van der Waals surface area contributed by atoms with Crippen molar-refractivity contribution in [3.05, 3.63) is 71.8 Å². The van der Waals surface area contributed by atoms with Crippen LogP contribution in [0.1, 0.15) is 20.7 Å². The second kappa shape index (κ2) is 6.42. The van der Waals surface area contributed by atoms with Gasteiger partial charge in [-0.25, -0.2) is 4.79 Å². The molecule has 2 N–H and O–H groups in total. The van der Waals surface area contributed by atoms with Crippen molar-refractivity contribution in [1.82, 2.24) is 0 Å². The predicted molar refractivity (Wildman–Crippen MR) is 91.3 cm³/mol. The zero-order chi connectivity index (χ0) is 17.1. The first kappa shape index (κ1) is 15.6. The van der Waals surface area contributed by atoms with Gasteiger partial charge in [-0.2, -0.15) is 0 Å². The molecule has 3 aromatic rings. The van der Waals surface area contributed by atoms with Crippen LogP contribution in [0.4, 0.5) is 5.69 Å². The molecule has 1 amide bonds. The second-order valence-corrected chi connectivity index (χ2v) is 5.17. The molecular weight excluding hydrogens is 306 g/mol. The van der Waals surface area contributed by atoms with E-state index >= 15 is 0 Å². The minimum atomic E-state index is -0.548. The van der Waals surface area contributed by atoms with Crippen molar-refractivity contribution in [1.29, 1.82) is 0 Å². The van der Waals surface area contributed by atoms with Crippen LogP contribution < -0.4 is 5.32 Å². The molecule has 24 heavy (non-hydrogen) atoms. The molecule has 0 bridgehead atoms. The van der Waals surface area contributed by atoms with Gasteiger partial charge in [-0.05, 0) is 29.0 Å². The summed E-state index contributed by atoms with van der Waals surface area (Å²) in [6.07, 6.45) is 0. The number of benzene rings is 3. The number of carbonyl (C=O) groups is 2. The van der Waals surface area contributed by atoms with Crippen molar-refractivity contribution in [2.24, 2.45) is 0 Å². The zero-order valence-corrected chi connectivity index (χ0v) is 12.9. The third kappa shape index (κ3) is 2.79. The lowest BCUT2D eigenvalue weighted by Crippen LogP contribution is -2.16. The lowest BCUT2D eigenvalue weighted by atomic mass is 10.0. The number of aromatic hydroxyl groups is 1. The van der Waals surface area contributed by atoms with E-state index in [9.17, 15) is 14.7 Å². The Hall–Kier alpha value is -3.34. The van der Waals surface area contributed by atoms with E-state index < -0.39 is 11.9 Å². The van der Waals surface area contributed by atoms with Gasteiger partial charge in [0.05, 0.1) is 23.9 Å². The van der Waals surface area contributed by atoms with Gasteiger partial charge in [0.15, 0.2) is 0 Å². The minimum absolute atomic E-state index is 0.123. The van der Waals surface area contributed by atoms with E-state index in [0.29, 0.717) is 11.1 Å². The number of phenolic OH excluding ortho intramolecular Hbond substituents is 1. The van der Waals surface area contributed by atoms with Crippen LogP contribution in [-0.4, -0.2) is 24.1 Å². The molecule has 0 fully saturated rings. The first-order valence-corrected chi connectivity index (χ1v) is 7.31. The third-order valence-electron chi connectivity index (χ3n) is 3.71. The average molecular weight is 321 g/mol. The molecule has 0 aromatic heterocycles. The molecule has 0 saturated carbocycles. The van der Waals surface area contributed by atoms with E-state index in [4.69, 9.17) is 4.74 Å². The van der Waals surface area contributed by atoms with Crippen LogP contribution in [0.5, 0.6) is 5.75 Å². The summed E-state index contributed by atoms with van der Waals surface area (Å²) in [7, 11) is 1.28. The van der Waals surface area contributed by atoms with Crippen molar-refractivity contribution < 1.29 is 19.4 Å². The summed E-state index contributed by atoms with van der Waals surface area (Å²) in [6.45, 7) is 0. The largest absolute Gasteiger partial charge is 0.507 e. The monoisotopic (exact) mass is 321 g/mol. The Kier molecular flexibility index (Phi) is 4.16. The third-order valence-corrected chi connectivity index (χ3v) is 3.71. The van der Waals surface area contributed by atoms with Crippen LogP contribution in [-0.2, 0) is 4.74 Å². The van der Waals surface area contributed by atoms with Crippen molar-refractivity contribution in [2.75, 3.05) is 12.4 Å². The van der Waals surface area contributed by atoms with Crippen LogP contribution in [0.2, 0.25) is 0 Å². The maximum absolute atomic E-state index is 12.7. The maximum atomic E-state index is 12.7. The standard InChI is InChI=1S/C19H15NO4/c1-24-19(23)14-8-4-5-9-15(14)20-18(22)17-13-7-3-2-6-12(13)10-11-16(17)21/h2-11,21H,1H3,(H,20,22). The number of para-hydroxylation sites is 1. The summed E-state index contributed by atoms with van der Waals surface area (Å²) < 4.78 is 4.72. The predicted octanol–water partition coefficient (Wildman–Crippen LogP) is 3.58. The van der Waals surface area contributed by atoms with E-state index in [1.165, 1.54) is 13.2 Å². The lowest BCUT2D eigenvalue weighted by molar-refractivity contribution is 0.0602. The van der Waals surface area contributed by atoms with E-state index in [-0.39, 0.29) is 16.9 Å². The molecule has 120 valence electrons. The van der Waals surface area contributed by atoms with E-state index in [1.807, 2.05) is 12.1 Å². The number of fused-ring (bicyclic) bond motifs is 1. The molecule has 0 unspecified atom stereocenters. The molecule has 0 radical (unpaired) electrons. The SMILES string of the molecule is COC(=O)c1ccccc1NC(=O)c1c(O)ccc2ccccc12. The number of ether oxygens (including phenoxy) is 1. The van der Waals surface area contributed by atoms with Crippen LogP contribution in [0.15, 0.2) is 60.7 Å². The number of carbonyl (C=O) groups excluding carboxylic acids is 2. The number of hydrogen-bond donors (Lipinski definition) is 2. The first-order chi connectivity index (χ1) is 11.6. The molecule has 0 aliphatic carbocycles. The quantitative estimate of drug-likeness (QED) is 0.723. The Balaban J connectivity index is 2.03. The molecular formula is C19H15NO4. The highest BCUT2D eigenvalue weighted by Gasteiger charge is 2.18. The smallest absolute Gasteiger partial charge is 0.339 e. The maximum Gasteiger partial charge on any atom is 0.339 e. The fourth-order valence-corrected chi connectivity index (χ4v) is 2.56. The molecule has 3 aromatic carbocycles.